The summed E-state index contributed by atoms with van der Waals surface area (Å²) in [4.78, 5) is 0. The second-order valence-electron chi connectivity index (χ2n) is 3.93. The van der Waals surface area contributed by atoms with Crippen LogP contribution in [-0.4, -0.2) is 26.9 Å². The standard InChI is InChI=1S/C14H21NO3.ClH/c1-5-10(2)18-14-12(16-3)8-11(6-7-15)9-13(14)17-4;/h5,8-10H,1,6-7,15H2,2-4H3;1H. The van der Waals surface area contributed by atoms with Crippen molar-refractivity contribution in [3.05, 3.63) is 30.4 Å². The molecule has 2 N–H and O–H groups in total. The Kier molecular flexibility index (Phi) is 8.03. The van der Waals surface area contributed by atoms with Gasteiger partial charge < -0.3 is 19.9 Å². The van der Waals surface area contributed by atoms with Gasteiger partial charge in [0.05, 0.1) is 14.2 Å². The van der Waals surface area contributed by atoms with E-state index in [1.165, 1.54) is 0 Å². The smallest absolute Gasteiger partial charge is 0.204 e. The first-order chi connectivity index (χ1) is 8.65. The Labute approximate surface area is 120 Å². The van der Waals surface area contributed by atoms with Crippen molar-refractivity contribution in [3.8, 4) is 17.2 Å². The lowest BCUT2D eigenvalue weighted by Crippen LogP contribution is -2.10. The molecule has 4 nitrogen and oxygen atoms in total. The highest BCUT2D eigenvalue weighted by Crippen LogP contribution is 2.39. The molecule has 1 atom stereocenters. The lowest BCUT2D eigenvalue weighted by atomic mass is 10.1. The molecule has 0 fully saturated rings. The van der Waals surface area contributed by atoms with E-state index in [0.717, 1.165) is 12.0 Å². The van der Waals surface area contributed by atoms with Crippen LogP contribution in [0.3, 0.4) is 0 Å². The Hall–Kier alpha value is -1.39. The summed E-state index contributed by atoms with van der Waals surface area (Å²) in [5.74, 6) is 1.88. The van der Waals surface area contributed by atoms with Crippen LogP contribution in [0.4, 0.5) is 0 Å². The van der Waals surface area contributed by atoms with Crippen LogP contribution in [0.15, 0.2) is 24.8 Å². The highest BCUT2D eigenvalue weighted by molar-refractivity contribution is 5.85. The predicted molar refractivity (Wildman–Crippen MR) is 79.8 cm³/mol. The summed E-state index contributed by atoms with van der Waals surface area (Å²) in [6.45, 7) is 6.17. The van der Waals surface area contributed by atoms with Gasteiger partial charge in [0.15, 0.2) is 11.5 Å². The molecule has 0 saturated heterocycles. The minimum Gasteiger partial charge on any atom is -0.493 e. The molecule has 19 heavy (non-hydrogen) atoms. The van der Waals surface area contributed by atoms with Crippen LogP contribution in [-0.2, 0) is 6.42 Å². The summed E-state index contributed by atoms with van der Waals surface area (Å²) in [6.07, 6.45) is 2.37. The van der Waals surface area contributed by atoms with Gasteiger partial charge in [0.25, 0.3) is 0 Å². The van der Waals surface area contributed by atoms with E-state index in [4.69, 9.17) is 19.9 Å². The molecule has 0 radical (unpaired) electrons. The number of halogens is 1. The van der Waals surface area contributed by atoms with E-state index in [1.54, 1.807) is 20.3 Å². The van der Waals surface area contributed by atoms with Gasteiger partial charge in [-0.05, 0) is 37.6 Å². The van der Waals surface area contributed by atoms with Crippen LogP contribution in [0.1, 0.15) is 12.5 Å². The number of nitrogens with two attached hydrogens (primary N) is 1. The third-order valence-corrected chi connectivity index (χ3v) is 2.59. The molecular weight excluding hydrogens is 266 g/mol. The highest BCUT2D eigenvalue weighted by Gasteiger charge is 2.15. The molecule has 0 heterocycles. The quantitative estimate of drug-likeness (QED) is 0.783. The Bertz CT molecular complexity index is 385. The van der Waals surface area contributed by atoms with Gasteiger partial charge in [-0.25, -0.2) is 0 Å². The van der Waals surface area contributed by atoms with Gasteiger partial charge in [-0.15, -0.1) is 12.4 Å². The molecule has 0 aliphatic heterocycles. The van der Waals surface area contributed by atoms with Gasteiger partial charge in [-0.1, -0.05) is 12.7 Å². The van der Waals surface area contributed by atoms with Crippen LogP contribution in [0.25, 0.3) is 0 Å². The molecule has 108 valence electrons. The average Bonchev–Trinajstić information content (AvgIpc) is 2.39. The Morgan fingerprint density at radius 3 is 2.16 bits per heavy atom. The third-order valence-electron chi connectivity index (χ3n) is 2.59. The van der Waals surface area contributed by atoms with Gasteiger partial charge in [0.1, 0.15) is 6.10 Å². The van der Waals surface area contributed by atoms with Crippen molar-refractivity contribution < 1.29 is 14.2 Å². The molecule has 0 aliphatic rings. The fourth-order valence-corrected chi connectivity index (χ4v) is 1.60. The monoisotopic (exact) mass is 287 g/mol. The summed E-state index contributed by atoms with van der Waals surface area (Å²) in [5, 5.41) is 0. The normalized spacial score (nSPS) is 11.2. The summed E-state index contributed by atoms with van der Waals surface area (Å²) < 4.78 is 16.4. The van der Waals surface area contributed by atoms with Crippen molar-refractivity contribution in [1.82, 2.24) is 0 Å². The molecule has 1 rings (SSSR count). The first-order valence-corrected chi connectivity index (χ1v) is 5.90. The summed E-state index contributed by atoms with van der Waals surface area (Å²) in [5.41, 5.74) is 6.62. The fraction of sp³-hybridized carbons (Fsp3) is 0.429. The first kappa shape index (κ1) is 17.6. The van der Waals surface area contributed by atoms with Crippen LogP contribution in [0.2, 0.25) is 0 Å². The molecule has 1 unspecified atom stereocenters. The van der Waals surface area contributed by atoms with E-state index in [-0.39, 0.29) is 18.5 Å². The number of hydrogen-bond donors (Lipinski definition) is 1. The number of hydrogen-bond acceptors (Lipinski definition) is 4. The van der Waals surface area contributed by atoms with E-state index in [1.807, 2.05) is 19.1 Å². The Morgan fingerprint density at radius 2 is 1.79 bits per heavy atom. The molecule has 0 spiro atoms. The molecule has 1 aromatic carbocycles. The molecule has 0 bridgehead atoms. The largest absolute Gasteiger partial charge is 0.493 e. The van der Waals surface area contributed by atoms with Crippen molar-refractivity contribution in [3.63, 3.8) is 0 Å². The maximum absolute atomic E-state index is 5.74. The molecule has 0 amide bonds. The second kappa shape index (κ2) is 8.67. The lowest BCUT2D eigenvalue weighted by molar-refractivity contribution is 0.240. The minimum atomic E-state index is -0.117. The number of benzene rings is 1. The van der Waals surface area contributed by atoms with Crippen molar-refractivity contribution >= 4 is 12.4 Å². The first-order valence-electron chi connectivity index (χ1n) is 5.90. The van der Waals surface area contributed by atoms with Crippen LogP contribution < -0.4 is 19.9 Å². The molecule has 0 aliphatic carbocycles. The zero-order chi connectivity index (χ0) is 13.5. The maximum atomic E-state index is 5.74. The van der Waals surface area contributed by atoms with Crippen LogP contribution in [0, 0.1) is 0 Å². The summed E-state index contributed by atoms with van der Waals surface area (Å²) in [7, 11) is 3.21. The van der Waals surface area contributed by atoms with Crippen molar-refractivity contribution in [2.75, 3.05) is 20.8 Å². The van der Waals surface area contributed by atoms with Gasteiger partial charge in [-0.3, -0.25) is 0 Å². The van der Waals surface area contributed by atoms with Gasteiger partial charge in [-0.2, -0.15) is 0 Å². The van der Waals surface area contributed by atoms with E-state index in [9.17, 15) is 0 Å². The second-order valence-corrected chi connectivity index (χ2v) is 3.93. The number of ether oxygens (including phenoxy) is 3. The van der Waals surface area contributed by atoms with Crippen molar-refractivity contribution in [2.45, 2.75) is 19.4 Å². The Morgan fingerprint density at radius 1 is 1.26 bits per heavy atom. The molecule has 1 aromatic rings. The van der Waals surface area contributed by atoms with E-state index in [0.29, 0.717) is 23.8 Å². The zero-order valence-electron chi connectivity index (χ0n) is 11.6. The molecule has 0 saturated carbocycles. The summed E-state index contributed by atoms with van der Waals surface area (Å²) in [6, 6.07) is 3.83. The highest BCUT2D eigenvalue weighted by atomic mass is 35.5. The Balaban J connectivity index is 0.00000324. The lowest BCUT2D eigenvalue weighted by Gasteiger charge is -2.18. The van der Waals surface area contributed by atoms with Gasteiger partial charge in [0, 0.05) is 0 Å². The molecule has 0 aromatic heterocycles. The summed E-state index contributed by atoms with van der Waals surface area (Å²) >= 11 is 0. The number of methoxy groups -OCH3 is 2. The molecule has 5 heteroatoms. The predicted octanol–water partition coefficient (Wildman–Crippen LogP) is 2.58. The van der Waals surface area contributed by atoms with Gasteiger partial charge >= 0.3 is 0 Å². The minimum absolute atomic E-state index is 0. The van der Waals surface area contributed by atoms with Crippen molar-refractivity contribution in [2.24, 2.45) is 5.73 Å². The zero-order valence-corrected chi connectivity index (χ0v) is 12.5. The SMILES string of the molecule is C=CC(C)Oc1c(OC)cc(CCN)cc1OC.Cl. The maximum Gasteiger partial charge on any atom is 0.204 e. The average molecular weight is 288 g/mol. The van der Waals surface area contributed by atoms with Crippen LogP contribution in [0.5, 0.6) is 17.2 Å². The number of rotatable bonds is 7. The van der Waals surface area contributed by atoms with E-state index in [2.05, 4.69) is 6.58 Å². The van der Waals surface area contributed by atoms with Crippen LogP contribution >= 0.6 is 12.4 Å². The fourth-order valence-electron chi connectivity index (χ4n) is 1.60. The third kappa shape index (κ3) is 4.65. The topological polar surface area (TPSA) is 53.7 Å². The van der Waals surface area contributed by atoms with E-state index < -0.39 is 0 Å². The van der Waals surface area contributed by atoms with E-state index >= 15 is 0 Å². The van der Waals surface area contributed by atoms with Gasteiger partial charge in [0.2, 0.25) is 5.75 Å². The molecular formula is C14H22ClNO3. The van der Waals surface area contributed by atoms with Crippen molar-refractivity contribution in [1.29, 1.82) is 0 Å².